The molecule has 6 nitrogen and oxygen atoms in total. The molecule has 104 valence electrons. The minimum Gasteiger partial charge on any atom is -0.507 e. The molecule has 0 atom stereocenters. The van der Waals surface area contributed by atoms with Crippen LogP contribution in [0, 0.1) is 0 Å². The minimum atomic E-state index is -1.32. The topological polar surface area (TPSA) is 112 Å². The zero-order valence-corrected chi connectivity index (χ0v) is 10.5. The van der Waals surface area contributed by atoms with Gasteiger partial charge in [0.05, 0.1) is 16.7 Å². The van der Waals surface area contributed by atoms with Crippen LogP contribution in [0.4, 0.5) is 0 Å². The van der Waals surface area contributed by atoms with Crippen molar-refractivity contribution in [1.29, 1.82) is 0 Å². The van der Waals surface area contributed by atoms with Crippen molar-refractivity contribution in [3.8, 4) is 11.5 Å². The van der Waals surface area contributed by atoms with E-state index in [0.717, 1.165) is 12.1 Å². The van der Waals surface area contributed by atoms with Crippen LogP contribution >= 0.6 is 0 Å². The molecule has 2 aromatic carbocycles. The van der Waals surface area contributed by atoms with Crippen molar-refractivity contribution in [2.45, 2.75) is 0 Å². The van der Waals surface area contributed by atoms with Gasteiger partial charge in [-0.2, -0.15) is 0 Å². The third-order valence-corrected chi connectivity index (χ3v) is 3.35. The molecule has 0 heterocycles. The number of carboxylic acid groups (broad SMARTS) is 1. The van der Waals surface area contributed by atoms with E-state index in [1.54, 1.807) is 0 Å². The van der Waals surface area contributed by atoms with Gasteiger partial charge < -0.3 is 15.3 Å². The summed E-state index contributed by atoms with van der Waals surface area (Å²) in [6.45, 7) is 0. The maximum absolute atomic E-state index is 12.4. The molecule has 0 amide bonds. The van der Waals surface area contributed by atoms with E-state index in [1.807, 2.05) is 0 Å². The number of benzene rings is 2. The van der Waals surface area contributed by atoms with Crippen LogP contribution in [0.2, 0.25) is 0 Å². The van der Waals surface area contributed by atoms with Crippen LogP contribution in [-0.4, -0.2) is 32.9 Å². The van der Waals surface area contributed by atoms with Gasteiger partial charge in [-0.1, -0.05) is 12.1 Å². The van der Waals surface area contributed by atoms with Crippen molar-refractivity contribution >= 4 is 17.5 Å². The highest BCUT2D eigenvalue weighted by Gasteiger charge is 2.34. The zero-order chi connectivity index (χ0) is 15.3. The first-order valence-electron chi connectivity index (χ1n) is 5.93. The smallest absolute Gasteiger partial charge is 0.335 e. The molecule has 0 aliphatic heterocycles. The third kappa shape index (κ3) is 1.69. The lowest BCUT2D eigenvalue weighted by Gasteiger charge is -2.19. The monoisotopic (exact) mass is 288 g/mol. The standard InChI is InChI=1S/C15H8O6/c16-9-3-1-2-7-11(9)14(19)12-8(13(7)18)4-6(15(20)21)5-10(12)17/h1-5,16-17H,(H,20,21)/i4+1,5+1,10+1,15+1. The average Bonchev–Trinajstić information content (AvgIpc) is 2.43. The van der Waals surface area contributed by atoms with E-state index in [4.69, 9.17) is 5.11 Å². The number of rotatable bonds is 1. The van der Waals surface area contributed by atoms with E-state index < -0.39 is 23.3 Å². The minimum absolute atomic E-state index is 0.0190. The summed E-state index contributed by atoms with van der Waals surface area (Å²) < 4.78 is 0. The molecule has 0 saturated carbocycles. The van der Waals surface area contributed by atoms with Crippen LogP contribution in [0.1, 0.15) is 42.2 Å². The largest absolute Gasteiger partial charge is 0.507 e. The Balaban J connectivity index is 2.36. The van der Waals surface area contributed by atoms with Crippen LogP contribution in [0.25, 0.3) is 0 Å². The van der Waals surface area contributed by atoms with Gasteiger partial charge >= 0.3 is 5.97 Å². The van der Waals surface area contributed by atoms with E-state index in [1.165, 1.54) is 18.2 Å². The number of ketones is 2. The van der Waals surface area contributed by atoms with Crippen molar-refractivity contribution in [3.05, 3.63) is 58.1 Å². The highest BCUT2D eigenvalue weighted by atomic mass is 16.5. The quantitative estimate of drug-likeness (QED) is 0.586. The SMILES string of the molecule is O=C1c2cccc(O)c2C(=O)c2c1[13cH]c([13C](=O)O)[13cH][13c]2O. The summed E-state index contributed by atoms with van der Waals surface area (Å²) >= 11 is 0. The van der Waals surface area contributed by atoms with Gasteiger partial charge in [-0.15, -0.1) is 0 Å². The Morgan fingerprint density at radius 2 is 1.52 bits per heavy atom. The fourth-order valence-corrected chi connectivity index (χ4v) is 2.41. The molecule has 3 N–H and O–H groups in total. The molecule has 0 unspecified atom stereocenters. The summed E-state index contributed by atoms with van der Waals surface area (Å²) in [5, 5.41) is 28.6. The molecule has 3 rings (SSSR count). The first-order chi connectivity index (χ1) is 9.91. The lowest BCUT2D eigenvalue weighted by atomic mass is 9.87. The molecule has 6 heteroatoms. The number of aromatic hydroxyl groups is 2. The Labute approximate surface area is 117 Å². The summed E-state index contributed by atoms with van der Waals surface area (Å²) in [7, 11) is 0. The highest BCUT2D eigenvalue weighted by molar-refractivity contribution is 6.30. The van der Waals surface area contributed by atoms with E-state index in [9.17, 15) is 24.6 Å². The maximum atomic E-state index is 12.4. The number of carbonyl (C=O) groups excluding carboxylic acids is 2. The van der Waals surface area contributed by atoms with Crippen LogP contribution in [0.15, 0.2) is 30.3 Å². The van der Waals surface area contributed by atoms with E-state index >= 15 is 0 Å². The fourth-order valence-electron chi connectivity index (χ4n) is 2.41. The van der Waals surface area contributed by atoms with Crippen LogP contribution in [0.3, 0.4) is 0 Å². The molecule has 21 heavy (non-hydrogen) atoms. The first-order valence-corrected chi connectivity index (χ1v) is 5.93. The molecule has 0 saturated heterocycles. The highest BCUT2D eigenvalue weighted by Crippen LogP contribution is 2.37. The maximum Gasteiger partial charge on any atom is 0.335 e. The van der Waals surface area contributed by atoms with Crippen LogP contribution < -0.4 is 0 Å². The second-order valence-corrected chi connectivity index (χ2v) is 4.58. The van der Waals surface area contributed by atoms with Gasteiger partial charge in [-0.05, 0) is 18.2 Å². The van der Waals surface area contributed by atoms with Crippen LogP contribution in [-0.2, 0) is 0 Å². The van der Waals surface area contributed by atoms with Crippen molar-refractivity contribution in [3.63, 3.8) is 0 Å². The molecule has 0 bridgehead atoms. The Morgan fingerprint density at radius 1 is 0.857 bits per heavy atom. The third-order valence-electron chi connectivity index (χ3n) is 3.35. The number of phenols is 2. The van der Waals surface area contributed by atoms with Crippen molar-refractivity contribution < 1.29 is 29.7 Å². The molecule has 0 fully saturated rings. The van der Waals surface area contributed by atoms with Gasteiger partial charge in [0.25, 0.3) is 0 Å². The van der Waals surface area contributed by atoms with Gasteiger partial charge in [0.1, 0.15) is 11.5 Å². The van der Waals surface area contributed by atoms with Gasteiger partial charge in [-0.25, -0.2) is 4.79 Å². The normalized spacial score (nSPS) is 12.8. The molecule has 0 aromatic heterocycles. The number of hydrogen-bond donors (Lipinski definition) is 3. The first kappa shape index (κ1) is 12.9. The summed E-state index contributed by atoms with van der Waals surface area (Å²) in [6, 6.07) is 5.98. The number of carboxylic acids is 1. The van der Waals surface area contributed by atoms with Gasteiger partial charge in [-0.3, -0.25) is 9.59 Å². The summed E-state index contributed by atoms with van der Waals surface area (Å²) in [4.78, 5) is 35.7. The van der Waals surface area contributed by atoms with Gasteiger partial charge in [0, 0.05) is 11.1 Å². The lowest BCUT2D eigenvalue weighted by molar-refractivity contribution is 0.0695. The van der Waals surface area contributed by atoms with E-state index in [2.05, 4.69) is 0 Å². The molecular weight excluding hydrogens is 280 g/mol. The van der Waals surface area contributed by atoms with Crippen molar-refractivity contribution in [1.82, 2.24) is 0 Å². The predicted octanol–water partition coefficient (Wildman–Crippen LogP) is 1.57. The number of aromatic carboxylic acids is 1. The van der Waals surface area contributed by atoms with Crippen molar-refractivity contribution in [2.75, 3.05) is 0 Å². The predicted molar refractivity (Wildman–Crippen MR) is 70.0 cm³/mol. The Morgan fingerprint density at radius 3 is 2.19 bits per heavy atom. The summed E-state index contributed by atoms with van der Waals surface area (Å²) in [5.41, 5.74) is -0.978. The average molecular weight is 288 g/mol. The summed E-state index contributed by atoms with van der Waals surface area (Å²) in [5.74, 6) is -3.62. The van der Waals surface area contributed by atoms with Gasteiger partial charge in [0.15, 0.2) is 5.78 Å². The Hall–Kier alpha value is -3.15. The van der Waals surface area contributed by atoms with E-state index in [-0.39, 0.29) is 33.6 Å². The molecule has 2 aromatic rings. The second-order valence-electron chi connectivity index (χ2n) is 4.58. The molecule has 0 radical (unpaired) electrons. The van der Waals surface area contributed by atoms with Crippen LogP contribution in [0.5, 0.6) is 11.5 Å². The number of fused-ring (bicyclic) bond motifs is 2. The number of carbonyl (C=O) groups is 3. The fraction of sp³-hybridized carbons (Fsp3) is 0. The number of phenolic OH excluding ortho intramolecular Hbond substituents is 2. The summed E-state index contributed by atoms with van der Waals surface area (Å²) in [6.07, 6.45) is 0. The molecule has 1 aliphatic carbocycles. The van der Waals surface area contributed by atoms with Gasteiger partial charge in [0.2, 0.25) is 5.78 Å². The molecule has 1 aliphatic rings. The molecular formula is C15H8O6. The second kappa shape index (κ2) is 4.17. The number of hydrogen-bond acceptors (Lipinski definition) is 5. The van der Waals surface area contributed by atoms with Crippen molar-refractivity contribution in [2.24, 2.45) is 0 Å². The molecule has 0 spiro atoms. The lowest BCUT2D eigenvalue weighted by Crippen LogP contribution is -2.22. The Kier molecular flexibility index (Phi) is 2.56. The Bertz CT molecular complexity index is 834. The van der Waals surface area contributed by atoms with E-state index in [0.29, 0.717) is 0 Å². The zero-order valence-electron chi connectivity index (χ0n) is 10.5.